The molecule has 2 heterocycles. The summed E-state index contributed by atoms with van der Waals surface area (Å²) in [5.41, 5.74) is 7.12. The van der Waals surface area contributed by atoms with E-state index in [1.807, 2.05) is 38.1 Å². The van der Waals surface area contributed by atoms with Crippen LogP contribution in [0.2, 0.25) is 0 Å². The number of carbonyl (C=O) groups is 1. The number of aromatic carboxylic acids is 1. The first-order chi connectivity index (χ1) is 16.7. The first-order valence-electron chi connectivity index (χ1n) is 11.8. The van der Waals surface area contributed by atoms with Gasteiger partial charge in [-0.05, 0) is 66.3 Å². The molecule has 0 spiro atoms. The van der Waals surface area contributed by atoms with Crippen LogP contribution in [-0.4, -0.2) is 16.2 Å². The molecule has 0 aliphatic carbocycles. The summed E-state index contributed by atoms with van der Waals surface area (Å²) < 4.78 is 12.1. The molecule has 0 saturated heterocycles. The molecular weight excluding hydrogens is 458 g/mol. The molecule has 0 aliphatic rings. The van der Waals surface area contributed by atoms with Crippen LogP contribution in [-0.2, 0) is 6.61 Å². The summed E-state index contributed by atoms with van der Waals surface area (Å²) in [7, 11) is 0. The van der Waals surface area contributed by atoms with Crippen molar-refractivity contribution in [1.82, 2.24) is 5.16 Å². The largest absolute Gasteiger partial charge is 0.489 e. The van der Waals surface area contributed by atoms with E-state index in [-0.39, 0.29) is 5.92 Å². The monoisotopic (exact) mass is 489 g/mol. The summed E-state index contributed by atoms with van der Waals surface area (Å²) in [5.74, 6) is 1.22. The lowest BCUT2D eigenvalue weighted by Gasteiger charge is -2.14. The molecule has 0 saturated carbocycles. The predicted molar refractivity (Wildman–Crippen MR) is 141 cm³/mol. The van der Waals surface area contributed by atoms with Crippen molar-refractivity contribution in [2.75, 3.05) is 0 Å². The fourth-order valence-electron chi connectivity index (χ4n) is 4.33. The van der Waals surface area contributed by atoms with Crippen LogP contribution in [0.25, 0.3) is 21.7 Å². The van der Waals surface area contributed by atoms with Crippen LogP contribution in [0, 0.1) is 13.8 Å². The zero-order valence-electron chi connectivity index (χ0n) is 21.0. The molecular formula is C29H31NO4S. The summed E-state index contributed by atoms with van der Waals surface area (Å²) >= 11 is 1.30. The number of thiophene rings is 1. The number of carboxylic acid groups (broad SMARTS) is 1. The molecule has 4 rings (SSSR count). The molecule has 4 aromatic rings. The van der Waals surface area contributed by atoms with Gasteiger partial charge in [-0.1, -0.05) is 57.1 Å². The van der Waals surface area contributed by atoms with E-state index in [2.05, 4.69) is 51.1 Å². The minimum Gasteiger partial charge on any atom is -0.489 e. The Bertz CT molecular complexity index is 1360. The van der Waals surface area contributed by atoms with Crippen LogP contribution in [0.5, 0.6) is 5.75 Å². The lowest BCUT2D eigenvalue weighted by Crippen LogP contribution is -2.02. The molecule has 6 heteroatoms. The number of carboxylic acids is 1. The van der Waals surface area contributed by atoms with E-state index in [0.29, 0.717) is 17.4 Å². The van der Waals surface area contributed by atoms with E-state index in [0.717, 1.165) is 49.9 Å². The Kier molecular flexibility index (Phi) is 7.13. The summed E-state index contributed by atoms with van der Waals surface area (Å²) in [6.07, 6.45) is 0. The zero-order chi connectivity index (χ0) is 25.3. The molecule has 0 fully saturated rings. The number of aryl methyl sites for hydroxylation is 2. The van der Waals surface area contributed by atoms with Crippen LogP contribution < -0.4 is 4.74 Å². The van der Waals surface area contributed by atoms with Gasteiger partial charge in [0.15, 0.2) is 0 Å². The van der Waals surface area contributed by atoms with Gasteiger partial charge in [0.05, 0.1) is 5.56 Å². The van der Waals surface area contributed by atoms with Gasteiger partial charge in [0, 0.05) is 16.4 Å². The van der Waals surface area contributed by atoms with E-state index in [4.69, 9.17) is 9.26 Å². The van der Waals surface area contributed by atoms with E-state index >= 15 is 0 Å². The van der Waals surface area contributed by atoms with Crippen molar-refractivity contribution in [3.05, 3.63) is 81.4 Å². The van der Waals surface area contributed by atoms with Crippen molar-refractivity contribution in [2.45, 2.75) is 60.0 Å². The van der Waals surface area contributed by atoms with Gasteiger partial charge in [-0.3, -0.25) is 0 Å². The normalized spacial score (nSPS) is 11.4. The first-order valence-corrected chi connectivity index (χ1v) is 12.6. The fourth-order valence-corrected chi connectivity index (χ4v) is 5.44. The molecule has 0 radical (unpaired) electrons. The molecule has 2 aromatic carbocycles. The third-order valence-electron chi connectivity index (χ3n) is 6.14. The number of hydrogen-bond acceptors (Lipinski definition) is 5. The molecule has 5 nitrogen and oxygen atoms in total. The number of aromatic nitrogens is 1. The Balaban J connectivity index is 1.64. The Hall–Kier alpha value is -3.38. The molecule has 182 valence electrons. The molecule has 1 N–H and O–H groups in total. The smallest absolute Gasteiger partial charge is 0.345 e. The highest BCUT2D eigenvalue weighted by molar-refractivity contribution is 7.17. The number of ether oxygens (including phenoxy) is 1. The van der Waals surface area contributed by atoms with E-state index in [9.17, 15) is 9.90 Å². The fraction of sp³-hybridized carbons (Fsp3) is 0.310. The van der Waals surface area contributed by atoms with Gasteiger partial charge in [0.25, 0.3) is 0 Å². The zero-order valence-corrected chi connectivity index (χ0v) is 21.8. The van der Waals surface area contributed by atoms with E-state index in [1.54, 1.807) is 6.07 Å². The highest BCUT2D eigenvalue weighted by atomic mass is 32.1. The maximum Gasteiger partial charge on any atom is 0.345 e. The average molecular weight is 490 g/mol. The third kappa shape index (κ3) is 5.03. The summed E-state index contributed by atoms with van der Waals surface area (Å²) in [5, 5.41) is 13.8. The highest BCUT2D eigenvalue weighted by Crippen LogP contribution is 2.37. The van der Waals surface area contributed by atoms with Gasteiger partial charge in [-0.2, -0.15) is 0 Å². The minimum absolute atomic E-state index is 0.176. The Morgan fingerprint density at radius 1 is 1.00 bits per heavy atom. The van der Waals surface area contributed by atoms with Crippen LogP contribution in [0.15, 0.2) is 53.1 Å². The van der Waals surface area contributed by atoms with Crippen LogP contribution in [0.4, 0.5) is 0 Å². The number of benzene rings is 2. The van der Waals surface area contributed by atoms with Crippen LogP contribution >= 0.6 is 11.3 Å². The summed E-state index contributed by atoms with van der Waals surface area (Å²) in [4.78, 5) is 12.7. The topological polar surface area (TPSA) is 72.6 Å². The van der Waals surface area contributed by atoms with Gasteiger partial charge in [-0.25, -0.2) is 4.79 Å². The lowest BCUT2D eigenvalue weighted by molar-refractivity contribution is 0.0702. The summed E-state index contributed by atoms with van der Waals surface area (Å²) in [6.45, 7) is 12.8. The summed E-state index contributed by atoms with van der Waals surface area (Å²) in [6, 6.07) is 16.0. The molecule has 2 aromatic heterocycles. The van der Waals surface area contributed by atoms with Crippen LogP contribution in [0.1, 0.15) is 77.2 Å². The third-order valence-corrected chi connectivity index (χ3v) is 7.39. The minimum atomic E-state index is -0.897. The van der Waals surface area contributed by atoms with Crippen molar-refractivity contribution < 1.29 is 19.2 Å². The SMILES string of the molecule is Cc1cc(OCc2c(-c3ccccc3C(C)C)noc2C(C)C)ccc1-c1sc(C(=O)O)cc1C. The van der Waals surface area contributed by atoms with E-state index < -0.39 is 5.97 Å². The standard InChI is InChI=1S/C29H31NO4S/c1-16(2)21-9-7-8-10-23(21)26-24(27(17(3)4)34-30-26)15-33-20-11-12-22(18(5)13-20)28-19(6)14-25(35-28)29(31)32/h7-14,16-17H,15H2,1-6H3,(H,31,32). The van der Waals surface area contributed by atoms with Gasteiger partial charge < -0.3 is 14.4 Å². The Morgan fingerprint density at radius 3 is 2.37 bits per heavy atom. The lowest BCUT2D eigenvalue weighted by atomic mass is 9.92. The number of nitrogens with zero attached hydrogens (tertiary/aromatic N) is 1. The maximum atomic E-state index is 11.4. The van der Waals surface area contributed by atoms with Crippen molar-refractivity contribution in [1.29, 1.82) is 0 Å². The number of rotatable bonds is 8. The van der Waals surface area contributed by atoms with Gasteiger partial charge in [0.2, 0.25) is 0 Å². The van der Waals surface area contributed by atoms with Crippen molar-refractivity contribution in [3.8, 4) is 27.4 Å². The molecule has 0 bridgehead atoms. The second-order valence-electron chi connectivity index (χ2n) is 9.46. The number of hydrogen-bond donors (Lipinski definition) is 1. The van der Waals surface area contributed by atoms with Gasteiger partial charge in [-0.15, -0.1) is 11.3 Å². The second-order valence-corrected chi connectivity index (χ2v) is 10.5. The Labute approximate surface area is 210 Å². The predicted octanol–water partition coefficient (Wildman–Crippen LogP) is 8.21. The molecule has 0 unspecified atom stereocenters. The molecule has 0 atom stereocenters. The van der Waals surface area contributed by atoms with E-state index in [1.165, 1.54) is 16.9 Å². The average Bonchev–Trinajstić information content (AvgIpc) is 3.41. The van der Waals surface area contributed by atoms with Crippen molar-refractivity contribution in [3.63, 3.8) is 0 Å². The second kappa shape index (κ2) is 10.1. The van der Waals surface area contributed by atoms with Crippen molar-refractivity contribution in [2.24, 2.45) is 0 Å². The quantitative estimate of drug-likeness (QED) is 0.270. The maximum absolute atomic E-state index is 11.4. The highest BCUT2D eigenvalue weighted by Gasteiger charge is 2.23. The van der Waals surface area contributed by atoms with Crippen molar-refractivity contribution >= 4 is 17.3 Å². The molecule has 0 aliphatic heterocycles. The Morgan fingerprint density at radius 2 is 1.74 bits per heavy atom. The molecule has 35 heavy (non-hydrogen) atoms. The first kappa shape index (κ1) is 24.7. The van der Waals surface area contributed by atoms with Crippen LogP contribution in [0.3, 0.4) is 0 Å². The van der Waals surface area contributed by atoms with Gasteiger partial charge >= 0.3 is 5.97 Å². The molecule has 0 amide bonds. The van der Waals surface area contributed by atoms with Gasteiger partial charge in [0.1, 0.15) is 28.7 Å².